The summed E-state index contributed by atoms with van der Waals surface area (Å²) in [7, 11) is 0. The molecule has 1 aromatic heterocycles. The second-order valence-electron chi connectivity index (χ2n) is 4.35. The molecule has 0 spiro atoms. The zero-order valence-electron chi connectivity index (χ0n) is 10.7. The molecule has 0 bridgehead atoms. The summed E-state index contributed by atoms with van der Waals surface area (Å²) in [6, 6.07) is 2.95. The number of fused-ring (bicyclic) bond motifs is 1. The summed E-state index contributed by atoms with van der Waals surface area (Å²) in [5, 5.41) is 20.9. The minimum absolute atomic E-state index is 0.0459. The second-order valence-corrected chi connectivity index (χ2v) is 4.35. The average Bonchev–Trinajstić information content (AvgIpc) is 3.03. The van der Waals surface area contributed by atoms with E-state index in [0.717, 1.165) is 11.3 Å². The van der Waals surface area contributed by atoms with Gasteiger partial charge in [-0.05, 0) is 6.92 Å². The molecule has 2 aromatic rings. The first-order valence-electron chi connectivity index (χ1n) is 5.96. The summed E-state index contributed by atoms with van der Waals surface area (Å²) in [6.45, 7) is 2.40. The molecule has 0 saturated carbocycles. The summed E-state index contributed by atoms with van der Waals surface area (Å²) in [5.74, 6) is 0.892. The van der Waals surface area contributed by atoms with E-state index in [1.807, 2.05) is 6.92 Å². The van der Waals surface area contributed by atoms with Crippen LogP contribution in [0.2, 0.25) is 0 Å². The topological polar surface area (TPSA) is 102 Å². The van der Waals surface area contributed by atoms with Crippen molar-refractivity contribution in [1.82, 2.24) is 10.2 Å². The number of nitrogens with zero attached hydrogens (tertiary/aromatic N) is 2. The van der Waals surface area contributed by atoms with Crippen LogP contribution >= 0.6 is 0 Å². The molecular formula is C12H12N4O4. The van der Waals surface area contributed by atoms with Crippen molar-refractivity contribution in [3.05, 3.63) is 39.7 Å². The maximum absolute atomic E-state index is 11.1. The summed E-state index contributed by atoms with van der Waals surface area (Å²) in [4.78, 5) is 10.6. The highest BCUT2D eigenvalue weighted by molar-refractivity contribution is 5.69. The molecule has 0 fully saturated rings. The minimum atomic E-state index is -0.452. The molecule has 20 heavy (non-hydrogen) atoms. The van der Waals surface area contributed by atoms with Crippen molar-refractivity contribution in [2.45, 2.75) is 13.5 Å². The SMILES string of the molecule is Cc1[nH]ncc1CNc1cc2c(cc1[N+](=O)[O-])OCO2. The van der Waals surface area contributed by atoms with E-state index in [1.54, 1.807) is 12.3 Å². The number of benzene rings is 1. The van der Waals surface area contributed by atoms with Crippen LogP contribution in [0.1, 0.15) is 11.3 Å². The molecule has 0 saturated heterocycles. The number of hydrogen-bond acceptors (Lipinski definition) is 6. The Bertz CT molecular complexity index is 667. The fourth-order valence-corrected chi connectivity index (χ4v) is 1.97. The molecule has 0 unspecified atom stereocenters. The Kier molecular flexibility index (Phi) is 2.90. The number of aryl methyl sites for hydroxylation is 1. The van der Waals surface area contributed by atoms with Gasteiger partial charge >= 0.3 is 0 Å². The van der Waals surface area contributed by atoms with Gasteiger partial charge in [-0.1, -0.05) is 0 Å². The fraction of sp³-hybridized carbons (Fsp3) is 0.250. The van der Waals surface area contributed by atoms with Crippen molar-refractivity contribution in [3.8, 4) is 11.5 Å². The fourth-order valence-electron chi connectivity index (χ4n) is 1.97. The second kappa shape index (κ2) is 4.72. The van der Waals surface area contributed by atoms with E-state index in [2.05, 4.69) is 15.5 Å². The van der Waals surface area contributed by atoms with Gasteiger partial charge in [0.25, 0.3) is 5.69 Å². The Hall–Kier alpha value is -2.77. The van der Waals surface area contributed by atoms with Crippen LogP contribution in [0.4, 0.5) is 11.4 Å². The molecule has 0 radical (unpaired) electrons. The molecule has 8 nitrogen and oxygen atoms in total. The van der Waals surface area contributed by atoms with Crippen LogP contribution in [-0.2, 0) is 6.54 Å². The standard InChI is InChI=1S/C12H12N4O4/c1-7-8(5-14-15-7)4-13-9-2-11-12(20-6-19-11)3-10(9)16(17)18/h2-3,5,13H,4,6H2,1H3,(H,14,15). The van der Waals surface area contributed by atoms with Crippen LogP contribution in [0.3, 0.4) is 0 Å². The highest BCUT2D eigenvalue weighted by atomic mass is 16.7. The van der Waals surface area contributed by atoms with Crippen LogP contribution in [-0.4, -0.2) is 21.9 Å². The number of aromatic nitrogens is 2. The lowest BCUT2D eigenvalue weighted by molar-refractivity contribution is -0.384. The van der Waals surface area contributed by atoms with Crippen molar-refractivity contribution in [2.75, 3.05) is 12.1 Å². The van der Waals surface area contributed by atoms with E-state index >= 15 is 0 Å². The van der Waals surface area contributed by atoms with E-state index in [9.17, 15) is 10.1 Å². The normalized spacial score (nSPS) is 12.4. The lowest BCUT2D eigenvalue weighted by atomic mass is 10.2. The van der Waals surface area contributed by atoms with Crippen molar-refractivity contribution < 1.29 is 14.4 Å². The van der Waals surface area contributed by atoms with E-state index in [4.69, 9.17) is 9.47 Å². The summed E-state index contributed by atoms with van der Waals surface area (Å²) in [5.41, 5.74) is 2.20. The van der Waals surface area contributed by atoms with Crippen LogP contribution in [0.25, 0.3) is 0 Å². The molecule has 2 heterocycles. The largest absolute Gasteiger partial charge is 0.454 e. The summed E-state index contributed by atoms with van der Waals surface area (Å²) >= 11 is 0. The van der Waals surface area contributed by atoms with Gasteiger partial charge in [0.15, 0.2) is 11.5 Å². The highest BCUT2D eigenvalue weighted by Crippen LogP contribution is 2.40. The molecule has 104 valence electrons. The summed E-state index contributed by atoms with van der Waals surface area (Å²) < 4.78 is 10.4. The quantitative estimate of drug-likeness (QED) is 0.653. The third kappa shape index (κ3) is 2.11. The van der Waals surface area contributed by atoms with Gasteiger partial charge in [0, 0.05) is 23.9 Å². The van der Waals surface area contributed by atoms with Crippen molar-refractivity contribution in [1.29, 1.82) is 0 Å². The van der Waals surface area contributed by atoms with Crippen molar-refractivity contribution in [2.24, 2.45) is 0 Å². The van der Waals surface area contributed by atoms with Gasteiger partial charge in [0.1, 0.15) is 5.69 Å². The van der Waals surface area contributed by atoms with Gasteiger partial charge in [-0.3, -0.25) is 15.2 Å². The highest BCUT2D eigenvalue weighted by Gasteiger charge is 2.23. The first-order valence-corrected chi connectivity index (χ1v) is 5.96. The van der Waals surface area contributed by atoms with Gasteiger partial charge in [-0.15, -0.1) is 0 Å². The number of hydrogen-bond donors (Lipinski definition) is 2. The number of rotatable bonds is 4. The van der Waals surface area contributed by atoms with Crippen LogP contribution < -0.4 is 14.8 Å². The smallest absolute Gasteiger partial charge is 0.296 e. The number of anilines is 1. The van der Waals surface area contributed by atoms with Crippen molar-refractivity contribution in [3.63, 3.8) is 0 Å². The first-order chi connectivity index (χ1) is 9.65. The monoisotopic (exact) mass is 276 g/mol. The lowest BCUT2D eigenvalue weighted by Gasteiger charge is -2.07. The maximum Gasteiger partial charge on any atom is 0.296 e. The molecule has 3 rings (SSSR count). The van der Waals surface area contributed by atoms with Gasteiger partial charge in [-0.2, -0.15) is 5.10 Å². The Morgan fingerprint density at radius 2 is 2.20 bits per heavy atom. The number of nitro groups is 1. The van der Waals surface area contributed by atoms with Gasteiger partial charge < -0.3 is 14.8 Å². The van der Waals surface area contributed by atoms with Gasteiger partial charge in [0.05, 0.1) is 17.2 Å². The minimum Gasteiger partial charge on any atom is -0.454 e. The third-order valence-corrected chi connectivity index (χ3v) is 3.09. The summed E-state index contributed by atoms with van der Waals surface area (Å²) in [6.07, 6.45) is 1.68. The molecule has 8 heteroatoms. The van der Waals surface area contributed by atoms with Crippen LogP contribution in [0, 0.1) is 17.0 Å². The van der Waals surface area contributed by atoms with E-state index < -0.39 is 4.92 Å². The number of aromatic amines is 1. The zero-order valence-corrected chi connectivity index (χ0v) is 10.7. The van der Waals surface area contributed by atoms with Crippen molar-refractivity contribution >= 4 is 11.4 Å². The average molecular weight is 276 g/mol. The number of H-pyrrole nitrogens is 1. The van der Waals surface area contributed by atoms with Gasteiger partial charge in [0.2, 0.25) is 6.79 Å². The molecule has 1 aromatic carbocycles. The number of ether oxygens (including phenoxy) is 2. The number of nitrogens with one attached hydrogen (secondary N) is 2. The van der Waals surface area contributed by atoms with Crippen LogP contribution in [0.15, 0.2) is 18.3 Å². The predicted molar refractivity (Wildman–Crippen MR) is 69.9 cm³/mol. The van der Waals surface area contributed by atoms with Gasteiger partial charge in [-0.25, -0.2) is 0 Å². The van der Waals surface area contributed by atoms with Crippen LogP contribution in [0.5, 0.6) is 11.5 Å². The van der Waals surface area contributed by atoms with E-state index in [0.29, 0.717) is 23.7 Å². The zero-order chi connectivity index (χ0) is 14.1. The third-order valence-electron chi connectivity index (χ3n) is 3.09. The lowest BCUT2D eigenvalue weighted by Crippen LogP contribution is -2.03. The molecule has 0 aliphatic carbocycles. The Morgan fingerprint density at radius 1 is 1.45 bits per heavy atom. The first kappa shape index (κ1) is 12.3. The molecule has 2 N–H and O–H groups in total. The molecule has 0 atom stereocenters. The maximum atomic E-state index is 11.1. The Labute approximate surface area is 113 Å². The van der Waals surface area contributed by atoms with E-state index in [-0.39, 0.29) is 12.5 Å². The molecular weight excluding hydrogens is 264 g/mol. The predicted octanol–water partition coefficient (Wildman–Crippen LogP) is 1.97. The Balaban J connectivity index is 1.88. The molecule has 1 aliphatic heterocycles. The Morgan fingerprint density at radius 3 is 2.85 bits per heavy atom. The number of nitro benzene ring substituents is 1. The molecule has 1 aliphatic rings. The van der Waals surface area contributed by atoms with E-state index in [1.165, 1.54) is 6.07 Å². The molecule has 0 amide bonds.